The topological polar surface area (TPSA) is 63.8 Å². The molecule has 0 bridgehead atoms. The van der Waals surface area contributed by atoms with Crippen LogP contribution in [-0.2, 0) is 0 Å². The van der Waals surface area contributed by atoms with Crippen LogP contribution in [0.3, 0.4) is 0 Å². The van der Waals surface area contributed by atoms with E-state index in [0.717, 1.165) is 0 Å². The van der Waals surface area contributed by atoms with Crippen LogP contribution in [0.5, 0.6) is 5.75 Å². The third-order valence-corrected chi connectivity index (χ3v) is 1.89. The minimum absolute atomic E-state index is 0.0262. The predicted molar refractivity (Wildman–Crippen MR) is 48.7 cm³/mol. The first-order chi connectivity index (χ1) is 6.70. The van der Waals surface area contributed by atoms with Crippen LogP contribution in [-0.4, -0.2) is 27.6 Å². The molecule has 2 heterocycles. The summed E-state index contributed by atoms with van der Waals surface area (Å²) in [7, 11) is 1.55. The zero-order chi connectivity index (χ0) is 10.1. The molecule has 0 aromatic carbocycles. The molecule has 0 saturated heterocycles. The van der Waals surface area contributed by atoms with Crippen molar-refractivity contribution in [3.8, 4) is 5.75 Å². The SMILES string of the molecule is COc1ccn2cc(C(=O)O)nc2c1. The van der Waals surface area contributed by atoms with Crippen LogP contribution in [0, 0.1) is 0 Å². The zero-order valence-corrected chi connectivity index (χ0v) is 7.47. The number of carbonyl (C=O) groups is 1. The molecule has 5 nitrogen and oxygen atoms in total. The Morgan fingerprint density at radius 1 is 1.64 bits per heavy atom. The zero-order valence-electron chi connectivity index (χ0n) is 7.47. The molecule has 0 radical (unpaired) electrons. The van der Waals surface area contributed by atoms with Gasteiger partial charge < -0.3 is 14.2 Å². The Morgan fingerprint density at radius 2 is 2.43 bits per heavy atom. The molecular formula is C9H8N2O3. The summed E-state index contributed by atoms with van der Waals surface area (Å²) in [5.41, 5.74) is 0.583. The van der Waals surface area contributed by atoms with E-state index in [-0.39, 0.29) is 5.69 Å². The van der Waals surface area contributed by atoms with E-state index in [9.17, 15) is 4.79 Å². The summed E-state index contributed by atoms with van der Waals surface area (Å²) in [6.07, 6.45) is 3.16. The van der Waals surface area contributed by atoms with Crippen LogP contribution >= 0.6 is 0 Å². The number of aromatic carboxylic acids is 1. The van der Waals surface area contributed by atoms with Gasteiger partial charge in [-0.2, -0.15) is 0 Å². The molecule has 0 saturated carbocycles. The molecule has 0 atom stereocenters. The van der Waals surface area contributed by atoms with E-state index in [1.54, 1.807) is 29.8 Å². The van der Waals surface area contributed by atoms with E-state index in [4.69, 9.17) is 9.84 Å². The number of ether oxygens (including phenoxy) is 1. The van der Waals surface area contributed by atoms with Crippen LogP contribution in [0.25, 0.3) is 5.65 Å². The van der Waals surface area contributed by atoms with Gasteiger partial charge in [-0.3, -0.25) is 0 Å². The van der Waals surface area contributed by atoms with Crippen molar-refractivity contribution in [2.45, 2.75) is 0 Å². The van der Waals surface area contributed by atoms with E-state index in [1.807, 2.05) is 0 Å². The Kier molecular flexibility index (Phi) is 1.85. The lowest BCUT2D eigenvalue weighted by Crippen LogP contribution is -1.94. The van der Waals surface area contributed by atoms with Crippen LogP contribution in [0.15, 0.2) is 24.5 Å². The summed E-state index contributed by atoms with van der Waals surface area (Å²) in [6.45, 7) is 0. The number of fused-ring (bicyclic) bond motifs is 1. The summed E-state index contributed by atoms with van der Waals surface area (Å²) >= 11 is 0. The van der Waals surface area contributed by atoms with Crippen molar-refractivity contribution in [3.63, 3.8) is 0 Å². The first-order valence-electron chi connectivity index (χ1n) is 3.97. The molecule has 0 aliphatic rings. The van der Waals surface area contributed by atoms with Crippen molar-refractivity contribution in [2.24, 2.45) is 0 Å². The van der Waals surface area contributed by atoms with Crippen LogP contribution in [0.1, 0.15) is 10.5 Å². The molecule has 0 aliphatic heterocycles. The minimum Gasteiger partial charge on any atom is -0.497 e. The van der Waals surface area contributed by atoms with Crippen LogP contribution in [0.2, 0.25) is 0 Å². The first-order valence-corrected chi connectivity index (χ1v) is 3.97. The van der Waals surface area contributed by atoms with Gasteiger partial charge in [0.05, 0.1) is 7.11 Å². The smallest absolute Gasteiger partial charge is 0.356 e. The third-order valence-electron chi connectivity index (χ3n) is 1.89. The van der Waals surface area contributed by atoms with Gasteiger partial charge in [-0.05, 0) is 6.07 Å². The minimum atomic E-state index is -1.03. The van der Waals surface area contributed by atoms with Gasteiger partial charge in [0.2, 0.25) is 0 Å². The van der Waals surface area contributed by atoms with Crippen molar-refractivity contribution >= 4 is 11.6 Å². The van der Waals surface area contributed by atoms with Crippen molar-refractivity contribution in [2.75, 3.05) is 7.11 Å². The summed E-state index contributed by atoms with van der Waals surface area (Å²) in [5.74, 6) is -0.382. The number of nitrogens with zero attached hydrogens (tertiary/aromatic N) is 2. The molecule has 0 aliphatic carbocycles. The second-order valence-electron chi connectivity index (χ2n) is 2.76. The lowest BCUT2D eigenvalue weighted by Gasteiger charge is -1.98. The van der Waals surface area contributed by atoms with Gasteiger partial charge in [-0.1, -0.05) is 0 Å². The molecule has 1 N–H and O–H groups in total. The van der Waals surface area contributed by atoms with Gasteiger partial charge in [0.25, 0.3) is 0 Å². The van der Waals surface area contributed by atoms with Crippen LogP contribution < -0.4 is 4.74 Å². The maximum Gasteiger partial charge on any atom is 0.356 e. The predicted octanol–water partition coefficient (Wildman–Crippen LogP) is 1.04. The van der Waals surface area contributed by atoms with E-state index in [0.29, 0.717) is 11.4 Å². The quantitative estimate of drug-likeness (QED) is 0.772. The van der Waals surface area contributed by atoms with Gasteiger partial charge in [0.1, 0.15) is 11.4 Å². The molecule has 0 fully saturated rings. The second kappa shape index (κ2) is 3.02. The molecule has 5 heteroatoms. The lowest BCUT2D eigenvalue weighted by molar-refractivity contribution is 0.0691. The highest BCUT2D eigenvalue weighted by Crippen LogP contribution is 2.13. The van der Waals surface area contributed by atoms with Crippen molar-refractivity contribution in [1.29, 1.82) is 0 Å². The molecule has 2 aromatic heterocycles. The average Bonchev–Trinajstić information content (AvgIpc) is 2.59. The van der Waals surface area contributed by atoms with E-state index in [2.05, 4.69) is 4.98 Å². The Bertz CT molecular complexity index is 490. The van der Waals surface area contributed by atoms with Gasteiger partial charge in [0, 0.05) is 18.5 Å². The largest absolute Gasteiger partial charge is 0.497 e. The number of imidazole rings is 1. The Morgan fingerprint density at radius 3 is 3.07 bits per heavy atom. The fourth-order valence-corrected chi connectivity index (χ4v) is 1.19. The number of carboxylic acid groups (broad SMARTS) is 1. The summed E-state index contributed by atoms with van der Waals surface area (Å²) < 4.78 is 6.62. The fourth-order valence-electron chi connectivity index (χ4n) is 1.19. The standard InChI is InChI=1S/C9H8N2O3/c1-14-6-2-3-11-5-7(9(12)13)10-8(11)4-6/h2-5H,1H3,(H,12,13). The summed E-state index contributed by atoms with van der Waals surface area (Å²) in [4.78, 5) is 14.5. The maximum absolute atomic E-state index is 10.6. The lowest BCUT2D eigenvalue weighted by atomic mass is 10.4. The molecule has 0 spiro atoms. The Balaban J connectivity index is 2.60. The van der Waals surface area contributed by atoms with Crippen molar-refractivity contribution < 1.29 is 14.6 Å². The molecular weight excluding hydrogens is 184 g/mol. The number of pyridine rings is 1. The molecule has 0 amide bonds. The van der Waals surface area contributed by atoms with Crippen molar-refractivity contribution in [3.05, 3.63) is 30.2 Å². The highest BCUT2D eigenvalue weighted by atomic mass is 16.5. The van der Waals surface area contributed by atoms with E-state index in [1.165, 1.54) is 6.20 Å². The number of hydrogen-bond acceptors (Lipinski definition) is 3. The molecule has 14 heavy (non-hydrogen) atoms. The van der Waals surface area contributed by atoms with E-state index >= 15 is 0 Å². The number of hydrogen-bond donors (Lipinski definition) is 1. The normalized spacial score (nSPS) is 10.4. The second-order valence-corrected chi connectivity index (χ2v) is 2.76. The van der Waals surface area contributed by atoms with Crippen LogP contribution in [0.4, 0.5) is 0 Å². The molecule has 2 aromatic rings. The Hall–Kier alpha value is -2.04. The fraction of sp³-hybridized carbons (Fsp3) is 0.111. The number of carboxylic acids is 1. The van der Waals surface area contributed by atoms with Gasteiger partial charge in [0.15, 0.2) is 5.69 Å². The van der Waals surface area contributed by atoms with Gasteiger partial charge in [-0.15, -0.1) is 0 Å². The number of aromatic nitrogens is 2. The average molecular weight is 192 g/mol. The highest BCUT2D eigenvalue weighted by molar-refractivity contribution is 5.86. The summed E-state index contributed by atoms with van der Waals surface area (Å²) in [6, 6.07) is 3.41. The maximum atomic E-state index is 10.6. The first kappa shape index (κ1) is 8.55. The van der Waals surface area contributed by atoms with E-state index < -0.39 is 5.97 Å². The Labute approximate surface area is 79.6 Å². The number of methoxy groups -OCH3 is 1. The monoisotopic (exact) mass is 192 g/mol. The van der Waals surface area contributed by atoms with Crippen molar-refractivity contribution in [1.82, 2.24) is 9.38 Å². The molecule has 72 valence electrons. The van der Waals surface area contributed by atoms with Gasteiger partial charge in [-0.25, -0.2) is 9.78 Å². The third kappa shape index (κ3) is 1.28. The van der Waals surface area contributed by atoms with Gasteiger partial charge >= 0.3 is 5.97 Å². The molecule has 0 unspecified atom stereocenters. The summed E-state index contributed by atoms with van der Waals surface area (Å²) in [5, 5.41) is 8.71. The number of rotatable bonds is 2. The molecule has 2 rings (SSSR count). The highest BCUT2D eigenvalue weighted by Gasteiger charge is 2.08.